The van der Waals surface area contributed by atoms with Crippen molar-refractivity contribution >= 4 is 15.8 Å². The van der Waals surface area contributed by atoms with Crippen LogP contribution < -0.4 is 4.74 Å². The third-order valence-corrected chi connectivity index (χ3v) is 6.82. The standard InChI is InChI=1S/C19H24O7S/c1-3-24-18(20)15-12-19(25-10-11-26-19)9-8-17(15)27(21,22)13-14-6-4-5-7-16(14)23-2/h4-7,12,17H,3,8-11,13H2,1-2H3. The molecule has 1 aromatic rings. The van der Waals surface area contributed by atoms with Gasteiger partial charge in [-0.3, -0.25) is 0 Å². The minimum absolute atomic E-state index is 0.0832. The molecule has 8 heteroatoms. The van der Waals surface area contributed by atoms with E-state index in [1.54, 1.807) is 31.2 Å². The number of rotatable bonds is 6. The summed E-state index contributed by atoms with van der Waals surface area (Å²) in [5.41, 5.74) is 0.636. The van der Waals surface area contributed by atoms with Gasteiger partial charge >= 0.3 is 5.97 Å². The zero-order valence-electron chi connectivity index (χ0n) is 15.5. The van der Waals surface area contributed by atoms with E-state index in [9.17, 15) is 13.2 Å². The fourth-order valence-corrected chi connectivity index (χ4v) is 5.41. The van der Waals surface area contributed by atoms with Crippen LogP contribution in [0.3, 0.4) is 0 Å². The monoisotopic (exact) mass is 396 g/mol. The second-order valence-electron chi connectivity index (χ2n) is 6.48. The van der Waals surface area contributed by atoms with Crippen LogP contribution in [0, 0.1) is 0 Å². The smallest absolute Gasteiger partial charge is 0.335 e. The Morgan fingerprint density at radius 3 is 2.63 bits per heavy atom. The highest BCUT2D eigenvalue weighted by Crippen LogP contribution is 2.38. The molecule has 1 heterocycles. The molecule has 1 aliphatic carbocycles. The number of carbonyl (C=O) groups excluding carboxylic acids is 1. The molecule has 1 aromatic carbocycles. The second kappa shape index (κ2) is 8.00. The molecular formula is C19H24O7S. The van der Waals surface area contributed by atoms with Gasteiger partial charge in [0, 0.05) is 12.0 Å². The first kappa shape index (κ1) is 19.9. The lowest BCUT2D eigenvalue weighted by molar-refractivity contribution is -0.143. The van der Waals surface area contributed by atoms with Gasteiger partial charge in [0.15, 0.2) is 15.6 Å². The Balaban J connectivity index is 1.93. The molecule has 7 nitrogen and oxygen atoms in total. The maximum Gasteiger partial charge on any atom is 0.335 e. The summed E-state index contributed by atoms with van der Waals surface area (Å²) in [6.45, 7) is 2.65. The summed E-state index contributed by atoms with van der Waals surface area (Å²) in [5, 5.41) is -0.972. The molecule has 27 heavy (non-hydrogen) atoms. The Hall–Kier alpha value is -1.90. The Morgan fingerprint density at radius 2 is 1.96 bits per heavy atom. The van der Waals surface area contributed by atoms with Crippen molar-refractivity contribution in [3.63, 3.8) is 0 Å². The minimum atomic E-state index is -3.69. The SMILES string of the molecule is CCOC(=O)C1=CC2(CCC1S(=O)(=O)Cc1ccccc1OC)OCCO2. The van der Waals surface area contributed by atoms with Crippen molar-refractivity contribution in [2.45, 2.75) is 36.6 Å². The highest BCUT2D eigenvalue weighted by Gasteiger charge is 2.46. The van der Waals surface area contributed by atoms with Gasteiger partial charge in [0.1, 0.15) is 5.75 Å². The summed E-state index contributed by atoms with van der Waals surface area (Å²) >= 11 is 0. The molecule has 1 fully saturated rings. The van der Waals surface area contributed by atoms with Crippen LogP contribution in [0.2, 0.25) is 0 Å². The number of ether oxygens (including phenoxy) is 4. The topological polar surface area (TPSA) is 88.1 Å². The third-order valence-electron chi connectivity index (χ3n) is 4.75. The fourth-order valence-electron chi connectivity index (χ4n) is 3.51. The molecule has 3 rings (SSSR count). The quantitative estimate of drug-likeness (QED) is 0.680. The Bertz CT molecular complexity index is 822. The maximum atomic E-state index is 13.2. The fraction of sp³-hybridized carbons (Fsp3) is 0.526. The first-order chi connectivity index (χ1) is 12.9. The normalized spacial score (nSPS) is 21.7. The summed E-state index contributed by atoms with van der Waals surface area (Å²) < 4.78 is 47.9. The average molecular weight is 396 g/mol. The van der Waals surface area contributed by atoms with E-state index in [1.165, 1.54) is 13.2 Å². The van der Waals surface area contributed by atoms with Gasteiger partial charge < -0.3 is 18.9 Å². The number of esters is 1. The number of methoxy groups -OCH3 is 1. The zero-order chi connectivity index (χ0) is 19.5. The van der Waals surface area contributed by atoms with Crippen LogP contribution >= 0.6 is 0 Å². The molecular weight excluding hydrogens is 372 g/mol. The molecule has 1 unspecified atom stereocenters. The van der Waals surface area contributed by atoms with E-state index in [4.69, 9.17) is 18.9 Å². The Labute approximate surface area is 159 Å². The van der Waals surface area contributed by atoms with Crippen molar-refractivity contribution in [1.82, 2.24) is 0 Å². The Kier molecular flexibility index (Phi) is 5.88. The highest BCUT2D eigenvalue weighted by atomic mass is 32.2. The lowest BCUT2D eigenvalue weighted by Crippen LogP contribution is -2.40. The van der Waals surface area contributed by atoms with Crippen LogP contribution in [-0.2, 0) is 34.6 Å². The predicted molar refractivity (Wildman–Crippen MR) is 98.0 cm³/mol. The van der Waals surface area contributed by atoms with E-state index in [1.807, 2.05) is 0 Å². The molecule has 0 aromatic heterocycles. The van der Waals surface area contributed by atoms with E-state index in [0.717, 1.165) is 0 Å². The lowest BCUT2D eigenvalue weighted by atomic mass is 9.94. The number of hydrogen-bond donors (Lipinski definition) is 0. The third kappa shape index (κ3) is 4.17. The number of para-hydroxylation sites is 1. The number of hydrogen-bond acceptors (Lipinski definition) is 7. The summed E-state index contributed by atoms with van der Waals surface area (Å²) in [5.74, 6) is -1.41. The summed E-state index contributed by atoms with van der Waals surface area (Å²) in [6.07, 6.45) is 2.08. The second-order valence-corrected chi connectivity index (χ2v) is 8.66. The van der Waals surface area contributed by atoms with Crippen molar-refractivity contribution in [2.24, 2.45) is 0 Å². The van der Waals surface area contributed by atoms with E-state index in [2.05, 4.69) is 0 Å². The molecule has 0 radical (unpaired) electrons. The van der Waals surface area contributed by atoms with E-state index in [0.29, 0.717) is 30.9 Å². The largest absolute Gasteiger partial charge is 0.496 e. The van der Waals surface area contributed by atoms with Crippen LogP contribution in [0.15, 0.2) is 35.9 Å². The van der Waals surface area contributed by atoms with Crippen LogP contribution in [0.1, 0.15) is 25.3 Å². The van der Waals surface area contributed by atoms with Crippen LogP contribution in [0.5, 0.6) is 5.75 Å². The first-order valence-electron chi connectivity index (χ1n) is 8.92. The van der Waals surface area contributed by atoms with Crippen molar-refractivity contribution < 1.29 is 32.2 Å². The van der Waals surface area contributed by atoms with Gasteiger partial charge in [0.05, 0.1) is 43.5 Å². The summed E-state index contributed by atoms with van der Waals surface area (Å²) in [7, 11) is -2.19. The zero-order valence-corrected chi connectivity index (χ0v) is 16.3. The van der Waals surface area contributed by atoms with Gasteiger partial charge in [-0.2, -0.15) is 0 Å². The number of sulfone groups is 1. The lowest BCUT2D eigenvalue weighted by Gasteiger charge is -2.33. The molecule has 148 valence electrons. The van der Waals surface area contributed by atoms with Crippen LogP contribution in [-0.4, -0.2) is 52.4 Å². The molecule has 0 N–H and O–H groups in total. The number of carbonyl (C=O) groups is 1. The summed E-state index contributed by atoms with van der Waals surface area (Å²) in [6, 6.07) is 6.95. The van der Waals surface area contributed by atoms with Crippen LogP contribution in [0.4, 0.5) is 0 Å². The van der Waals surface area contributed by atoms with E-state index in [-0.39, 0.29) is 24.4 Å². The van der Waals surface area contributed by atoms with Crippen molar-refractivity contribution in [3.05, 3.63) is 41.5 Å². The molecule has 0 saturated carbocycles. The summed E-state index contributed by atoms with van der Waals surface area (Å²) in [4.78, 5) is 12.5. The molecule has 1 saturated heterocycles. The van der Waals surface area contributed by atoms with Crippen LogP contribution in [0.25, 0.3) is 0 Å². The molecule has 2 aliphatic rings. The van der Waals surface area contributed by atoms with Crippen molar-refractivity contribution in [2.75, 3.05) is 26.9 Å². The molecule has 0 bridgehead atoms. The molecule has 0 amide bonds. The van der Waals surface area contributed by atoms with Gasteiger partial charge in [0.2, 0.25) is 0 Å². The van der Waals surface area contributed by atoms with Gasteiger partial charge in [0.25, 0.3) is 0 Å². The minimum Gasteiger partial charge on any atom is -0.496 e. The van der Waals surface area contributed by atoms with Gasteiger partial charge in [-0.15, -0.1) is 0 Å². The van der Waals surface area contributed by atoms with Crippen molar-refractivity contribution in [3.8, 4) is 5.75 Å². The molecule has 1 aliphatic heterocycles. The first-order valence-corrected chi connectivity index (χ1v) is 10.6. The van der Waals surface area contributed by atoms with Gasteiger partial charge in [-0.25, -0.2) is 13.2 Å². The van der Waals surface area contributed by atoms with Crippen molar-refractivity contribution in [1.29, 1.82) is 0 Å². The highest BCUT2D eigenvalue weighted by molar-refractivity contribution is 7.91. The molecule has 1 atom stereocenters. The number of benzene rings is 1. The van der Waals surface area contributed by atoms with Gasteiger partial charge in [-0.1, -0.05) is 18.2 Å². The Morgan fingerprint density at radius 1 is 1.26 bits per heavy atom. The van der Waals surface area contributed by atoms with E-state index < -0.39 is 26.8 Å². The van der Waals surface area contributed by atoms with Gasteiger partial charge in [-0.05, 0) is 25.5 Å². The maximum absolute atomic E-state index is 13.2. The average Bonchev–Trinajstić information content (AvgIpc) is 3.09. The molecule has 1 spiro atoms. The van der Waals surface area contributed by atoms with E-state index >= 15 is 0 Å². The predicted octanol–water partition coefficient (Wildman–Crippen LogP) is 2.00.